The molecule has 1 aliphatic carbocycles. The van der Waals surface area contributed by atoms with Crippen molar-refractivity contribution >= 4 is 28.2 Å². The molecule has 0 radical (unpaired) electrons. The van der Waals surface area contributed by atoms with Crippen molar-refractivity contribution in [2.24, 2.45) is 5.92 Å². The van der Waals surface area contributed by atoms with Gasteiger partial charge in [-0.3, -0.25) is 14.6 Å². The summed E-state index contributed by atoms with van der Waals surface area (Å²) in [5, 5.41) is 6.61. The maximum atomic E-state index is 13.2. The second-order valence-electron chi connectivity index (χ2n) is 8.64. The quantitative estimate of drug-likeness (QED) is 0.479. The molecule has 0 aliphatic heterocycles. The molecular weight excluding hydrogens is 434 g/mol. The summed E-state index contributed by atoms with van der Waals surface area (Å²) in [6.07, 6.45) is 7.41. The number of nitrogens with zero attached hydrogens (tertiary/aromatic N) is 1. The summed E-state index contributed by atoms with van der Waals surface area (Å²) in [6.45, 7) is 5.20. The largest absolute Gasteiger partial charge is 0.493 e. The predicted octanol–water partition coefficient (Wildman–Crippen LogP) is 5.24. The molecule has 0 fully saturated rings. The summed E-state index contributed by atoms with van der Waals surface area (Å²) in [6, 6.07) is 10.9. The fraction of sp³-hybridized carbons (Fsp3) is 0.346. The monoisotopic (exact) mass is 463 g/mol. The van der Waals surface area contributed by atoms with Gasteiger partial charge >= 0.3 is 0 Å². The number of carbonyl (C=O) groups is 2. The topological polar surface area (TPSA) is 80.3 Å². The highest BCUT2D eigenvalue weighted by Crippen LogP contribution is 2.38. The first kappa shape index (κ1) is 23.0. The van der Waals surface area contributed by atoms with E-state index in [0.717, 1.165) is 42.6 Å². The first-order chi connectivity index (χ1) is 16.0. The van der Waals surface area contributed by atoms with E-state index in [0.29, 0.717) is 35.2 Å². The van der Waals surface area contributed by atoms with Crippen LogP contribution in [0.3, 0.4) is 0 Å². The normalized spacial score (nSPS) is 12.8. The molecule has 3 aromatic rings. The Hall–Kier alpha value is -3.19. The lowest BCUT2D eigenvalue weighted by Crippen LogP contribution is -2.25. The third kappa shape index (κ3) is 5.79. The van der Waals surface area contributed by atoms with E-state index in [1.165, 1.54) is 16.2 Å². The third-order valence-electron chi connectivity index (χ3n) is 5.50. The van der Waals surface area contributed by atoms with E-state index < -0.39 is 0 Å². The Morgan fingerprint density at radius 2 is 1.88 bits per heavy atom. The van der Waals surface area contributed by atoms with Crippen LogP contribution in [-0.4, -0.2) is 23.4 Å². The van der Waals surface area contributed by atoms with Crippen molar-refractivity contribution in [1.29, 1.82) is 0 Å². The van der Waals surface area contributed by atoms with Crippen molar-refractivity contribution in [3.63, 3.8) is 0 Å². The SMILES string of the molecule is CC(C)COc1ccc(C(=O)Nc2sc3c(c2C(=O)NCc2cccnc2)CCCC3)cc1. The zero-order valence-electron chi connectivity index (χ0n) is 19.0. The van der Waals surface area contributed by atoms with Crippen LogP contribution in [0.4, 0.5) is 5.00 Å². The number of thiophene rings is 1. The molecule has 0 saturated heterocycles. The maximum absolute atomic E-state index is 13.2. The zero-order valence-corrected chi connectivity index (χ0v) is 19.8. The van der Waals surface area contributed by atoms with E-state index >= 15 is 0 Å². The number of aromatic nitrogens is 1. The number of rotatable bonds is 8. The van der Waals surface area contributed by atoms with E-state index in [2.05, 4.69) is 29.5 Å². The lowest BCUT2D eigenvalue weighted by molar-refractivity contribution is 0.0951. The molecule has 7 heteroatoms. The standard InChI is InChI=1S/C26H29N3O3S/c1-17(2)16-32-20-11-9-19(10-12-20)24(30)29-26-23(21-7-3-4-8-22(21)33-26)25(31)28-15-18-6-5-13-27-14-18/h5-6,9-14,17H,3-4,7-8,15-16H2,1-2H3,(H,28,31)(H,29,30). The van der Waals surface area contributed by atoms with Crippen LogP contribution in [0.15, 0.2) is 48.8 Å². The Balaban J connectivity index is 1.50. The van der Waals surface area contributed by atoms with E-state index in [4.69, 9.17) is 4.74 Å². The van der Waals surface area contributed by atoms with Crippen molar-refractivity contribution in [1.82, 2.24) is 10.3 Å². The smallest absolute Gasteiger partial charge is 0.256 e. The molecule has 2 heterocycles. The first-order valence-electron chi connectivity index (χ1n) is 11.4. The van der Waals surface area contributed by atoms with Gasteiger partial charge in [-0.1, -0.05) is 19.9 Å². The molecule has 0 atom stereocenters. The molecular formula is C26H29N3O3S. The summed E-state index contributed by atoms with van der Waals surface area (Å²) < 4.78 is 5.70. The summed E-state index contributed by atoms with van der Waals surface area (Å²) in [5.74, 6) is 0.777. The highest BCUT2D eigenvalue weighted by Gasteiger charge is 2.26. The Kier molecular flexibility index (Phi) is 7.40. The van der Waals surface area contributed by atoms with Crippen molar-refractivity contribution in [2.45, 2.75) is 46.1 Å². The molecule has 0 spiro atoms. The highest BCUT2D eigenvalue weighted by atomic mass is 32.1. The van der Waals surface area contributed by atoms with E-state index in [1.807, 2.05) is 12.1 Å². The summed E-state index contributed by atoms with van der Waals surface area (Å²) in [7, 11) is 0. The first-order valence-corrected chi connectivity index (χ1v) is 12.2. The van der Waals surface area contributed by atoms with E-state index in [-0.39, 0.29) is 11.8 Å². The van der Waals surface area contributed by atoms with Gasteiger partial charge in [-0.2, -0.15) is 0 Å². The van der Waals surface area contributed by atoms with Crippen molar-refractivity contribution in [3.8, 4) is 5.75 Å². The van der Waals surface area contributed by atoms with Crippen molar-refractivity contribution in [3.05, 3.63) is 75.9 Å². The molecule has 172 valence electrons. The number of aryl methyl sites for hydroxylation is 1. The molecule has 2 aromatic heterocycles. The number of anilines is 1. The highest BCUT2D eigenvalue weighted by molar-refractivity contribution is 7.17. The molecule has 1 aromatic carbocycles. The van der Waals surface area contributed by atoms with Gasteiger partial charge in [0.05, 0.1) is 12.2 Å². The number of nitrogens with one attached hydrogen (secondary N) is 2. The van der Waals surface area contributed by atoms with Crippen LogP contribution >= 0.6 is 11.3 Å². The number of hydrogen-bond donors (Lipinski definition) is 2. The van der Waals surface area contributed by atoms with Crippen molar-refractivity contribution in [2.75, 3.05) is 11.9 Å². The minimum Gasteiger partial charge on any atom is -0.493 e. The maximum Gasteiger partial charge on any atom is 0.256 e. The second-order valence-corrected chi connectivity index (χ2v) is 9.75. The Bertz CT molecular complexity index is 1110. The number of carbonyl (C=O) groups excluding carboxylic acids is 2. The molecule has 6 nitrogen and oxygen atoms in total. The number of benzene rings is 1. The van der Waals surface area contributed by atoms with E-state index in [9.17, 15) is 9.59 Å². The van der Waals surface area contributed by atoms with Crippen LogP contribution in [-0.2, 0) is 19.4 Å². The lowest BCUT2D eigenvalue weighted by Gasteiger charge is -2.13. The van der Waals surface area contributed by atoms with Gasteiger partial charge in [-0.05, 0) is 73.1 Å². The average molecular weight is 464 g/mol. The number of hydrogen-bond acceptors (Lipinski definition) is 5. The minimum absolute atomic E-state index is 0.161. The molecule has 1 aliphatic rings. The van der Waals surface area contributed by atoms with Crippen molar-refractivity contribution < 1.29 is 14.3 Å². The third-order valence-corrected chi connectivity index (χ3v) is 6.71. The molecule has 2 N–H and O–H groups in total. The molecule has 0 unspecified atom stereocenters. The molecule has 0 saturated carbocycles. The van der Waals surface area contributed by atoms with Crippen LogP contribution in [0.5, 0.6) is 5.75 Å². The van der Waals surface area contributed by atoms with Crippen LogP contribution in [0.25, 0.3) is 0 Å². The average Bonchev–Trinajstić information content (AvgIpc) is 3.20. The van der Waals surface area contributed by atoms with Crippen LogP contribution in [0.2, 0.25) is 0 Å². The predicted molar refractivity (Wildman–Crippen MR) is 131 cm³/mol. The molecule has 33 heavy (non-hydrogen) atoms. The van der Waals surface area contributed by atoms with Gasteiger partial charge in [0, 0.05) is 29.4 Å². The van der Waals surface area contributed by atoms with Crippen LogP contribution < -0.4 is 15.4 Å². The van der Waals surface area contributed by atoms with E-state index in [1.54, 1.807) is 36.7 Å². The molecule has 0 bridgehead atoms. The minimum atomic E-state index is -0.231. The van der Waals surface area contributed by atoms with Gasteiger partial charge in [0.15, 0.2) is 0 Å². The summed E-state index contributed by atoms with van der Waals surface area (Å²) in [5.41, 5.74) is 3.13. The van der Waals surface area contributed by atoms with Gasteiger partial charge in [-0.25, -0.2) is 0 Å². The second kappa shape index (κ2) is 10.6. The van der Waals surface area contributed by atoms with Gasteiger partial charge in [0.1, 0.15) is 10.8 Å². The lowest BCUT2D eigenvalue weighted by atomic mass is 9.95. The zero-order chi connectivity index (χ0) is 23.2. The fourth-order valence-electron chi connectivity index (χ4n) is 3.81. The summed E-state index contributed by atoms with van der Waals surface area (Å²) in [4.78, 5) is 31.4. The van der Waals surface area contributed by atoms with Crippen LogP contribution in [0.1, 0.15) is 63.4 Å². The van der Waals surface area contributed by atoms with Crippen LogP contribution in [0, 0.1) is 5.92 Å². The fourth-order valence-corrected chi connectivity index (χ4v) is 5.09. The number of pyridine rings is 1. The van der Waals surface area contributed by atoms with Gasteiger partial charge in [0.25, 0.3) is 11.8 Å². The Morgan fingerprint density at radius 1 is 1.09 bits per heavy atom. The Labute approximate surface area is 198 Å². The molecule has 2 amide bonds. The number of ether oxygens (including phenoxy) is 1. The van der Waals surface area contributed by atoms with Gasteiger partial charge < -0.3 is 15.4 Å². The summed E-state index contributed by atoms with van der Waals surface area (Å²) >= 11 is 1.52. The van der Waals surface area contributed by atoms with Gasteiger partial charge in [0.2, 0.25) is 0 Å². The molecule has 4 rings (SSSR count). The number of fused-ring (bicyclic) bond motifs is 1. The van der Waals surface area contributed by atoms with Gasteiger partial charge in [-0.15, -0.1) is 11.3 Å². The Morgan fingerprint density at radius 3 is 2.61 bits per heavy atom. The number of amides is 2.